The summed E-state index contributed by atoms with van der Waals surface area (Å²) in [6, 6.07) is 3.12. The van der Waals surface area contributed by atoms with E-state index in [0.717, 1.165) is 0 Å². The minimum absolute atomic E-state index is 0.0754. The fourth-order valence-corrected chi connectivity index (χ4v) is 1.38. The molecule has 1 aromatic heterocycles. The van der Waals surface area contributed by atoms with Crippen LogP contribution in [-0.2, 0) is 11.3 Å². The lowest BCUT2D eigenvalue weighted by Gasteiger charge is -2.12. The molecule has 0 saturated carbocycles. The summed E-state index contributed by atoms with van der Waals surface area (Å²) in [6.07, 6.45) is 1.61. The minimum Gasteiger partial charge on any atom is -0.478 e. The van der Waals surface area contributed by atoms with Crippen molar-refractivity contribution in [2.75, 3.05) is 6.61 Å². The molecule has 1 aromatic rings. The van der Waals surface area contributed by atoms with E-state index in [2.05, 4.69) is 0 Å². The second-order valence-electron chi connectivity index (χ2n) is 3.89. The molecule has 0 aromatic carbocycles. The summed E-state index contributed by atoms with van der Waals surface area (Å²) in [5.74, 6) is -0.670. The van der Waals surface area contributed by atoms with Crippen molar-refractivity contribution in [3.05, 3.63) is 28.7 Å². The van der Waals surface area contributed by atoms with Gasteiger partial charge in [0.2, 0.25) is 0 Å². The van der Waals surface area contributed by atoms with Gasteiger partial charge in [-0.3, -0.25) is 9.59 Å². The number of nitrogens with zero attached hydrogens (tertiary/aromatic N) is 1. The molecule has 98 valence electrons. The van der Waals surface area contributed by atoms with Gasteiger partial charge in [0.05, 0.1) is 4.99 Å². The van der Waals surface area contributed by atoms with Crippen LogP contribution in [0.5, 0.6) is 5.75 Å². The van der Waals surface area contributed by atoms with Crippen molar-refractivity contribution in [2.45, 2.75) is 13.5 Å². The number of pyridine rings is 1. The van der Waals surface area contributed by atoms with E-state index in [4.69, 9.17) is 28.4 Å². The third-order valence-corrected chi connectivity index (χ3v) is 2.71. The van der Waals surface area contributed by atoms with E-state index in [-0.39, 0.29) is 23.8 Å². The molecule has 1 amide bonds. The van der Waals surface area contributed by atoms with Gasteiger partial charge in [-0.1, -0.05) is 19.1 Å². The molecule has 0 radical (unpaired) electrons. The number of nitrogens with two attached hydrogens (primary N) is 2. The quantitative estimate of drug-likeness (QED) is 0.687. The Morgan fingerprint density at radius 1 is 1.56 bits per heavy atom. The van der Waals surface area contributed by atoms with Crippen LogP contribution in [0, 0.1) is 5.92 Å². The second kappa shape index (κ2) is 6.15. The number of primary amides is 1. The molecule has 4 N–H and O–H groups in total. The lowest BCUT2D eigenvalue weighted by atomic mass is 10.2. The van der Waals surface area contributed by atoms with Crippen LogP contribution in [-0.4, -0.2) is 22.1 Å². The SMILES string of the molecule is CC(Cn1cccc(OCC(N)=O)c1=O)C(N)=S. The number of hydrogen-bond acceptors (Lipinski definition) is 4. The van der Waals surface area contributed by atoms with Crippen LogP contribution >= 0.6 is 12.2 Å². The average Bonchev–Trinajstić information content (AvgIpc) is 2.29. The van der Waals surface area contributed by atoms with E-state index in [1.807, 2.05) is 6.92 Å². The summed E-state index contributed by atoms with van der Waals surface area (Å²) in [7, 11) is 0. The number of aromatic nitrogens is 1. The van der Waals surface area contributed by atoms with Crippen LogP contribution in [0.3, 0.4) is 0 Å². The maximum absolute atomic E-state index is 11.9. The Balaban J connectivity index is 2.88. The van der Waals surface area contributed by atoms with Gasteiger partial charge in [0.25, 0.3) is 11.5 Å². The Kier molecular flexibility index (Phi) is 4.85. The Hall–Kier alpha value is -1.89. The Morgan fingerprint density at radius 3 is 2.78 bits per heavy atom. The second-order valence-corrected chi connectivity index (χ2v) is 4.36. The van der Waals surface area contributed by atoms with Crippen LogP contribution in [0.2, 0.25) is 0 Å². The van der Waals surface area contributed by atoms with E-state index < -0.39 is 5.91 Å². The molecule has 1 atom stereocenters. The first-order valence-electron chi connectivity index (χ1n) is 5.31. The highest BCUT2D eigenvalue weighted by Crippen LogP contribution is 2.04. The van der Waals surface area contributed by atoms with Crippen LogP contribution in [0.4, 0.5) is 0 Å². The molecule has 0 aliphatic heterocycles. The molecule has 7 heteroatoms. The van der Waals surface area contributed by atoms with Crippen molar-refractivity contribution >= 4 is 23.1 Å². The number of ether oxygens (including phenoxy) is 1. The van der Waals surface area contributed by atoms with Gasteiger partial charge in [0.15, 0.2) is 12.4 Å². The normalized spacial score (nSPS) is 11.8. The molecule has 0 spiro atoms. The predicted molar refractivity (Wildman–Crippen MR) is 71.3 cm³/mol. The number of carbonyl (C=O) groups is 1. The molecular weight excluding hydrogens is 254 g/mol. The summed E-state index contributed by atoms with van der Waals surface area (Å²) < 4.78 is 6.44. The lowest BCUT2D eigenvalue weighted by molar-refractivity contribution is -0.119. The minimum atomic E-state index is -0.638. The number of amides is 1. The van der Waals surface area contributed by atoms with E-state index in [9.17, 15) is 9.59 Å². The van der Waals surface area contributed by atoms with E-state index in [1.165, 1.54) is 10.6 Å². The lowest BCUT2D eigenvalue weighted by Crippen LogP contribution is -2.30. The largest absolute Gasteiger partial charge is 0.478 e. The standard InChI is InChI=1S/C11H15N3O3S/c1-7(10(13)18)5-14-4-2-3-8(11(14)16)17-6-9(12)15/h2-4,7H,5-6H2,1H3,(H2,12,15)(H2,13,18). The van der Waals surface area contributed by atoms with Crippen molar-refractivity contribution in [3.63, 3.8) is 0 Å². The molecule has 0 bridgehead atoms. The molecule has 1 rings (SSSR count). The highest BCUT2D eigenvalue weighted by molar-refractivity contribution is 7.80. The Bertz CT molecular complexity index is 513. The molecule has 18 heavy (non-hydrogen) atoms. The molecule has 0 fully saturated rings. The first kappa shape index (κ1) is 14.2. The van der Waals surface area contributed by atoms with Gasteiger partial charge in [0, 0.05) is 18.7 Å². The highest BCUT2D eigenvalue weighted by Gasteiger charge is 2.10. The van der Waals surface area contributed by atoms with Crippen LogP contribution in [0.15, 0.2) is 23.1 Å². The fraction of sp³-hybridized carbons (Fsp3) is 0.364. The predicted octanol–water partition coefficient (Wildman–Crippen LogP) is -0.365. The smallest absolute Gasteiger partial charge is 0.292 e. The van der Waals surface area contributed by atoms with Crippen LogP contribution in [0.25, 0.3) is 0 Å². The molecule has 0 saturated heterocycles. The van der Waals surface area contributed by atoms with Crippen LogP contribution in [0.1, 0.15) is 6.92 Å². The van der Waals surface area contributed by atoms with Crippen molar-refractivity contribution in [2.24, 2.45) is 17.4 Å². The molecule has 0 aliphatic rings. The van der Waals surface area contributed by atoms with E-state index in [1.54, 1.807) is 12.3 Å². The summed E-state index contributed by atoms with van der Waals surface area (Å²) in [5, 5.41) is 0. The third kappa shape index (κ3) is 3.85. The summed E-state index contributed by atoms with van der Waals surface area (Å²) >= 11 is 4.85. The molecule has 1 heterocycles. The summed E-state index contributed by atoms with van der Waals surface area (Å²) in [5.41, 5.74) is 10.1. The van der Waals surface area contributed by atoms with E-state index in [0.29, 0.717) is 11.5 Å². The van der Waals surface area contributed by atoms with Gasteiger partial charge in [0.1, 0.15) is 0 Å². The average molecular weight is 269 g/mol. The maximum Gasteiger partial charge on any atom is 0.292 e. The molecule has 6 nitrogen and oxygen atoms in total. The first-order chi connectivity index (χ1) is 8.41. The molecule has 0 aliphatic carbocycles. The van der Waals surface area contributed by atoms with E-state index >= 15 is 0 Å². The zero-order valence-electron chi connectivity index (χ0n) is 9.96. The Morgan fingerprint density at radius 2 is 2.22 bits per heavy atom. The first-order valence-corrected chi connectivity index (χ1v) is 5.72. The zero-order chi connectivity index (χ0) is 13.7. The molecular formula is C11H15N3O3S. The summed E-state index contributed by atoms with van der Waals surface area (Å²) in [4.78, 5) is 22.9. The monoisotopic (exact) mass is 269 g/mol. The van der Waals surface area contributed by atoms with Gasteiger partial charge in [-0.15, -0.1) is 0 Å². The Labute approximate surface area is 110 Å². The maximum atomic E-state index is 11.9. The van der Waals surface area contributed by atoms with Crippen LogP contribution < -0.4 is 21.8 Å². The van der Waals surface area contributed by atoms with Gasteiger partial charge in [-0.05, 0) is 12.1 Å². The fourth-order valence-electron chi connectivity index (χ4n) is 1.30. The van der Waals surface area contributed by atoms with Gasteiger partial charge in [-0.2, -0.15) is 0 Å². The molecule has 1 unspecified atom stereocenters. The van der Waals surface area contributed by atoms with Crippen molar-refractivity contribution in [3.8, 4) is 5.75 Å². The van der Waals surface area contributed by atoms with Gasteiger partial charge >= 0.3 is 0 Å². The third-order valence-electron chi connectivity index (χ3n) is 2.31. The van der Waals surface area contributed by atoms with Gasteiger partial charge in [-0.25, -0.2) is 0 Å². The zero-order valence-corrected chi connectivity index (χ0v) is 10.8. The van der Waals surface area contributed by atoms with Crippen molar-refractivity contribution < 1.29 is 9.53 Å². The topological polar surface area (TPSA) is 100 Å². The highest BCUT2D eigenvalue weighted by atomic mass is 32.1. The van der Waals surface area contributed by atoms with Gasteiger partial charge < -0.3 is 20.8 Å². The number of thiocarbonyl (C=S) groups is 1. The number of carbonyl (C=O) groups excluding carboxylic acids is 1. The van der Waals surface area contributed by atoms with Crippen molar-refractivity contribution in [1.82, 2.24) is 4.57 Å². The number of hydrogen-bond donors (Lipinski definition) is 2. The van der Waals surface area contributed by atoms with Crippen molar-refractivity contribution in [1.29, 1.82) is 0 Å². The number of rotatable bonds is 6. The summed E-state index contributed by atoms with van der Waals surface area (Å²) in [6.45, 7) is 1.86.